The van der Waals surface area contributed by atoms with E-state index in [4.69, 9.17) is 5.10 Å². The second-order valence-electron chi connectivity index (χ2n) is 5.32. The zero-order valence-corrected chi connectivity index (χ0v) is 12.1. The maximum Gasteiger partial charge on any atom is 0.0540 e. The van der Waals surface area contributed by atoms with Crippen molar-refractivity contribution in [2.45, 2.75) is 71.4 Å². The normalized spacial score (nSPS) is 19.9. The monoisotopic (exact) mass is 249 g/mol. The van der Waals surface area contributed by atoms with Gasteiger partial charge in [0.2, 0.25) is 0 Å². The Morgan fingerprint density at radius 2 is 2.11 bits per heavy atom. The van der Waals surface area contributed by atoms with Crippen LogP contribution >= 0.6 is 0 Å². The van der Waals surface area contributed by atoms with Gasteiger partial charge in [0.05, 0.1) is 12.2 Å². The van der Waals surface area contributed by atoms with Gasteiger partial charge >= 0.3 is 0 Å². The zero-order valence-electron chi connectivity index (χ0n) is 12.1. The lowest BCUT2D eigenvalue weighted by atomic mass is 10.1. The molecule has 0 bridgehead atoms. The summed E-state index contributed by atoms with van der Waals surface area (Å²) < 4.78 is 2.31. The standard InChI is InChI=1S/C15H27N3/c1-4-12(5-2)18-15-10-8-7-9-14(16-6-3)13(15)11-17-18/h11-12,14,16H,4-10H2,1-3H3. The summed E-state index contributed by atoms with van der Waals surface area (Å²) in [5.74, 6) is 0. The van der Waals surface area contributed by atoms with E-state index in [1.54, 1.807) is 0 Å². The molecular weight excluding hydrogens is 222 g/mol. The summed E-state index contributed by atoms with van der Waals surface area (Å²) in [5, 5.41) is 8.31. The van der Waals surface area contributed by atoms with E-state index in [1.165, 1.54) is 49.8 Å². The molecule has 1 heterocycles. The fourth-order valence-corrected chi connectivity index (χ4v) is 3.15. The summed E-state index contributed by atoms with van der Waals surface area (Å²) in [7, 11) is 0. The molecule has 1 aliphatic carbocycles. The van der Waals surface area contributed by atoms with Crippen molar-refractivity contribution in [1.82, 2.24) is 15.1 Å². The van der Waals surface area contributed by atoms with Crippen molar-refractivity contribution in [2.75, 3.05) is 6.54 Å². The Bertz CT molecular complexity index is 366. The van der Waals surface area contributed by atoms with Crippen LogP contribution in [-0.2, 0) is 6.42 Å². The molecule has 1 aliphatic rings. The highest BCUT2D eigenvalue weighted by molar-refractivity contribution is 5.24. The van der Waals surface area contributed by atoms with Gasteiger partial charge in [0.1, 0.15) is 0 Å². The van der Waals surface area contributed by atoms with Crippen molar-refractivity contribution < 1.29 is 0 Å². The van der Waals surface area contributed by atoms with Crippen LogP contribution in [0.3, 0.4) is 0 Å². The summed E-state index contributed by atoms with van der Waals surface area (Å²) in [4.78, 5) is 0. The Kier molecular flexibility index (Phi) is 4.81. The topological polar surface area (TPSA) is 29.9 Å². The quantitative estimate of drug-likeness (QED) is 0.808. The Hall–Kier alpha value is -0.830. The van der Waals surface area contributed by atoms with Crippen LogP contribution < -0.4 is 5.32 Å². The maximum atomic E-state index is 4.69. The van der Waals surface area contributed by atoms with Gasteiger partial charge in [-0.3, -0.25) is 4.68 Å². The molecule has 102 valence electrons. The summed E-state index contributed by atoms with van der Waals surface area (Å²) in [6.07, 6.45) is 9.57. The molecule has 1 atom stereocenters. The summed E-state index contributed by atoms with van der Waals surface area (Å²) >= 11 is 0. The molecule has 0 fully saturated rings. The van der Waals surface area contributed by atoms with Crippen molar-refractivity contribution >= 4 is 0 Å². The van der Waals surface area contributed by atoms with Crippen molar-refractivity contribution in [3.63, 3.8) is 0 Å². The molecule has 0 aromatic carbocycles. The Balaban J connectivity index is 2.31. The third-order valence-electron chi connectivity index (χ3n) is 4.20. The number of fused-ring (bicyclic) bond motifs is 1. The smallest absolute Gasteiger partial charge is 0.0540 e. The first-order chi connectivity index (χ1) is 8.81. The minimum atomic E-state index is 0.524. The average molecular weight is 249 g/mol. The SMILES string of the molecule is CCNC1CCCCc2c1cnn2C(CC)CC. The van der Waals surface area contributed by atoms with Gasteiger partial charge in [0.25, 0.3) is 0 Å². The molecule has 0 radical (unpaired) electrons. The van der Waals surface area contributed by atoms with Crippen LogP contribution in [0.1, 0.15) is 76.2 Å². The molecule has 1 N–H and O–H groups in total. The molecular formula is C15H27N3. The van der Waals surface area contributed by atoms with Crippen molar-refractivity contribution in [1.29, 1.82) is 0 Å². The number of nitrogens with one attached hydrogen (secondary N) is 1. The van der Waals surface area contributed by atoms with E-state index in [2.05, 4.69) is 37.0 Å². The van der Waals surface area contributed by atoms with E-state index in [9.17, 15) is 0 Å². The maximum absolute atomic E-state index is 4.69. The number of nitrogens with zero attached hydrogens (tertiary/aromatic N) is 2. The third-order valence-corrected chi connectivity index (χ3v) is 4.20. The first-order valence-corrected chi connectivity index (χ1v) is 7.61. The van der Waals surface area contributed by atoms with Gasteiger partial charge in [-0.2, -0.15) is 5.10 Å². The van der Waals surface area contributed by atoms with Crippen LogP contribution in [0.5, 0.6) is 0 Å². The second kappa shape index (κ2) is 6.37. The molecule has 1 unspecified atom stereocenters. The molecule has 2 rings (SSSR count). The number of hydrogen-bond acceptors (Lipinski definition) is 2. The van der Waals surface area contributed by atoms with Crippen LogP contribution in [0, 0.1) is 0 Å². The molecule has 3 nitrogen and oxygen atoms in total. The van der Waals surface area contributed by atoms with Crippen LogP contribution in [0.4, 0.5) is 0 Å². The van der Waals surface area contributed by atoms with E-state index in [0.717, 1.165) is 6.54 Å². The predicted octanol–water partition coefficient (Wildman–Crippen LogP) is 3.62. The largest absolute Gasteiger partial charge is 0.310 e. The first-order valence-electron chi connectivity index (χ1n) is 7.61. The molecule has 1 aromatic heterocycles. The molecule has 3 heteroatoms. The van der Waals surface area contributed by atoms with Gasteiger partial charge in [-0.05, 0) is 38.6 Å². The van der Waals surface area contributed by atoms with E-state index in [1.807, 2.05) is 0 Å². The highest BCUT2D eigenvalue weighted by atomic mass is 15.3. The number of hydrogen-bond donors (Lipinski definition) is 1. The van der Waals surface area contributed by atoms with Gasteiger partial charge in [-0.25, -0.2) is 0 Å². The first kappa shape index (κ1) is 13.6. The molecule has 0 aliphatic heterocycles. The number of aromatic nitrogens is 2. The minimum Gasteiger partial charge on any atom is -0.310 e. The van der Waals surface area contributed by atoms with Crippen LogP contribution in [0.15, 0.2) is 6.20 Å². The van der Waals surface area contributed by atoms with E-state index >= 15 is 0 Å². The Morgan fingerprint density at radius 3 is 2.78 bits per heavy atom. The fourth-order valence-electron chi connectivity index (χ4n) is 3.15. The third kappa shape index (κ3) is 2.61. The predicted molar refractivity (Wildman–Crippen MR) is 75.8 cm³/mol. The van der Waals surface area contributed by atoms with Gasteiger partial charge < -0.3 is 5.32 Å². The highest BCUT2D eigenvalue weighted by Crippen LogP contribution is 2.31. The summed E-state index contributed by atoms with van der Waals surface area (Å²) in [6, 6.07) is 1.10. The fraction of sp³-hybridized carbons (Fsp3) is 0.800. The Labute approximate surface area is 111 Å². The van der Waals surface area contributed by atoms with Crippen LogP contribution in [0.25, 0.3) is 0 Å². The van der Waals surface area contributed by atoms with Gasteiger partial charge in [-0.1, -0.05) is 27.2 Å². The second-order valence-corrected chi connectivity index (χ2v) is 5.32. The zero-order chi connectivity index (χ0) is 13.0. The van der Waals surface area contributed by atoms with E-state index in [0.29, 0.717) is 12.1 Å². The number of rotatable bonds is 5. The summed E-state index contributed by atoms with van der Waals surface area (Å²) in [5.41, 5.74) is 2.95. The van der Waals surface area contributed by atoms with Crippen molar-refractivity contribution in [3.05, 3.63) is 17.5 Å². The molecule has 1 aromatic rings. The lowest BCUT2D eigenvalue weighted by Gasteiger charge is -2.19. The van der Waals surface area contributed by atoms with Gasteiger partial charge in [0.15, 0.2) is 0 Å². The molecule has 18 heavy (non-hydrogen) atoms. The van der Waals surface area contributed by atoms with Gasteiger partial charge in [0, 0.05) is 17.3 Å². The molecule has 0 amide bonds. The van der Waals surface area contributed by atoms with Gasteiger partial charge in [-0.15, -0.1) is 0 Å². The van der Waals surface area contributed by atoms with Crippen molar-refractivity contribution in [3.8, 4) is 0 Å². The lowest BCUT2D eigenvalue weighted by molar-refractivity contribution is 0.412. The molecule has 0 saturated carbocycles. The van der Waals surface area contributed by atoms with Crippen molar-refractivity contribution in [2.24, 2.45) is 0 Å². The van der Waals surface area contributed by atoms with E-state index < -0.39 is 0 Å². The van der Waals surface area contributed by atoms with Crippen LogP contribution in [-0.4, -0.2) is 16.3 Å². The van der Waals surface area contributed by atoms with Crippen LogP contribution in [0.2, 0.25) is 0 Å². The minimum absolute atomic E-state index is 0.524. The molecule has 0 saturated heterocycles. The van der Waals surface area contributed by atoms with E-state index in [-0.39, 0.29) is 0 Å². The average Bonchev–Trinajstić information content (AvgIpc) is 2.69. The highest BCUT2D eigenvalue weighted by Gasteiger charge is 2.23. The lowest BCUT2D eigenvalue weighted by Crippen LogP contribution is -2.21. The Morgan fingerprint density at radius 1 is 1.33 bits per heavy atom. The summed E-state index contributed by atoms with van der Waals surface area (Å²) in [6.45, 7) is 7.76. The molecule has 0 spiro atoms.